The average molecular weight is 478 g/mol. The molecule has 4 rings (SSSR count). The zero-order valence-corrected chi connectivity index (χ0v) is 20.4. The number of carboxylic acid groups (broad SMARTS) is 1. The van der Waals surface area contributed by atoms with E-state index in [2.05, 4.69) is 41.3 Å². The van der Waals surface area contributed by atoms with E-state index in [9.17, 15) is 9.90 Å². The molecule has 1 aromatic heterocycles. The van der Waals surface area contributed by atoms with Gasteiger partial charge in [-0.1, -0.05) is 38.1 Å². The minimum absolute atomic E-state index is 0.0281. The molecule has 1 fully saturated rings. The van der Waals surface area contributed by atoms with Gasteiger partial charge in [-0.05, 0) is 55.3 Å². The zero-order chi connectivity index (χ0) is 25.2. The van der Waals surface area contributed by atoms with Crippen molar-refractivity contribution in [1.29, 1.82) is 0 Å². The Morgan fingerprint density at radius 3 is 2.06 bits per heavy atom. The van der Waals surface area contributed by atoms with E-state index in [1.807, 2.05) is 36.4 Å². The molecular formula is C27H31N3O5. The third-order valence-corrected chi connectivity index (χ3v) is 6.35. The molecule has 3 N–H and O–H groups in total. The van der Waals surface area contributed by atoms with Gasteiger partial charge in [0.25, 0.3) is 0 Å². The number of ether oxygens (including phenoxy) is 2. The molecule has 1 saturated carbocycles. The Balaban J connectivity index is 1.38. The maximum atomic E-state index is 10.7. The summed E-state index contributed by atoms with van der Waals surface area (Å²) in [6.45, 7) is 7.64. The monoisotopic (exact) mass is 477 g/mol. The molecule has 184 valence electrons. The molecule has 1 aliphatic rings. The number of aliphatic hydroxyl groups is 1. The number of nitrogens with one attached hydrogen (secondary N) is 1. The molecular weight excluding hydrogens is 446 g/mol. The van der Waals surface area contributed by atoms with Crippen molar-refractivity contribution in [2.45, 2.75) is 63.7 Å². The Bertz CT molecular complexity index is 1160. The van der Waals surface area contributed by atoms with Gasteiger partial charge >= 0.3 is 12.1 Å². The first-order valence-corrected chi connectivity index (χ1v) is 11.6. The number of aromatic nitrogens is 2. The molecule has 0 bridgehead atoms. The van der Waals surface area contributed by atoms with Gasteiger partial charge in [-0.2, -0.15) is 4.98 Å². The topological polar surface area (TPSA) is 114 Å². The Labute approximate surface area is 205 Å². The lowest BCUT2D eigenvalue weighted by molar-refractivity contribution is 0.0730. The maximum absolute atomic E-state index is 10.7. The fourth-order valence-electron chi connectivity index (χ4n) is 4.04. The highest BCUT2D eigenvalue weighted by molar-refractivity contribution is 5.65. The molecule has 3 aromatic rings. The SMILES string of the molecule is CC(C)(O)c1ccnc(Oc2ccc(C(C)(C)c3ccc(OC4CC(NC(=O)O)C4)cc3)cc2)n1. The molecule has 0 aliphatic heterocycles. The van der Waals surface area contributed by atoms with E-state index in [1.165, 1.54) is 0 Å². The zero-order valence-electron chi connectivity index (χ0n) is 20.4. The van der Waals surface area contributed by atoms with Crippen molar-refractivity contribution in [3.63, 3.8) is 0 Å². The highest BCUT2D eigenvalue weighted by Crippen LogP contribution is 2.34. The molecule has 8 nitrogen and oxygen atoms in total. The van der Waals surface area contributed by atoms with Crippen LogP contribution in [0.4, 0.5) is 4.79 Å². The summed E-state index contributed by atoms with van der Waals surface area (Å²) < 4.78 is 11.8. The summed E-state index contributed by atoms with van der Waals surface area (Å²) in [5, 5.41) is 21.4. The Morgan fingerprint density at radius 1 is 0.943 bits per heavy atom. The summed E-state index contributed by atoms with van der Waals surface area (Å²) in [6.07, 6.45) is 1.97. The van der Waals surface area contributed by atoms with Crippen LogP contribution in [0.5, 0.6) is 17.5 Å². The number of nitrogens with zero attached hydrogens (tertiary/aromatic N) is 2. The fraction of sp³-hybridized carbons (Fsp3) is 0.370. The van der Waals surface area contributed by atoms with Crippen LogP contribution in [0.2, 0.25) is 0 Å². The van der Waals surface area contributed by atoms with Crippen LogP contribution >= 0.6 is 0 Å². The van der Waals surface area contributed by atoms with E-state index in [0.29, 0.717) is 24.3 Å². The summed E-state index contributed by atoms with van der Waals surface area (Å²) in [6, 6.07) is 17.6. The molecule has 0 spiro atoms. The molecule has 1 heterocycles. The molecule has 8 heteroatoms. The number of carbonyl (C=O) groups is 1. The number of hydrogen-bond acceptors (Lipinski definition) is 6. The predicted octanol–water partition coefficient (Wildman–Crippen LogP) is 5.00. The number of amides is 1. The number of rotatable bonds is 8. The summed E-state index contributed by atoms with van der Waals surface area (Å²) >= 11 is 0. The fourth-order valence-corrected chi connectivity index (χ4v) is 4.04. The van der Waals surface area contributed by atoms with Crippen molar-refractivity contribution in [2.24, 2.45) is 0 Å². The predicted molar refractivity (Wildman–Crippen MR) is 131 cm³/mol. The van der Waals surface area contributed by atoms with Crippen molar-refractivity contribution in [3.05, 3.63) is 77.6 Å². The van der Waals surface area contributed by atoms with E-state index >= 15 is 0 Å². The van der Waals surface area contributed by atoms with E-state index in [1.54, 1.807) is 26.1 Å². The van der Waals surface area contributed by atoms with E-state index < -0.39 is 11.7 Å². The van der Waals surface area contributed by atoms with Gasteiger partial charge in [0.15, 0.2) is 0 Å². The van der Waals surface area contributed by atoms with Gasteiger partial charge in [0.1, 0.15) is 23.2 Å². The van der Waals surface area contributed by atoms with Crippen LogP contribution in [0.15, 0.2) is 60.8 Å². The van der Waals surface area contributed by atoms with Gasteiger partial charge in [-0.25, -0.2) is 9.78 Å². The normalized spacial score (nSPS) is 17.9. The summed E-state index contributed by atoms with van der Waals surface area (Å²) in [4.78, 5) is 19.1. The second-order valence-corrected chi connectivity index (χ2v) is 9.92. The van der Waals surface area contributed by atoms with E-state index in [0.717, 1.165) is 16.9 Å². The molecule has 0 saturated heterocycles. The summed E-state index contributed by atoms with van der Waals surface area (Å²) in [7, 11) is 0. The van der Waals surface area contributed by atoms with E-state index in [4.69, 9.17) is 14.6 Å². The van der Waals surface area contributed by atoms with Crippen LogP contribution in [-0.2, 0) is 11.0 Å². The summed E-state index contributed by atoms with van der Waals surface area (Å²) in [5.41, 5.74) is 1.42. The third kappa shape index (κ3) is 5.89. The standard InChI is InChI=1S/C27H31N3O5/c1-26(2,17-5-9-20(10-6-17)34-22-15-19(16-22)29-25(31)32)18-7-11-21(12-8-18)35-24-28-14-13-23(30-24)27(3,4)33/h5-14,19,22,29,33H,15-16H2,1-4H3,(H,31,32). The van der Waals surface area contributed by atoms with Crippen molar-refractivity contribution < 1.29 is 24.5 Å². The Hall–Kier alpha value is -3.65. The minimum atomic E-state index is -1.08. The third-order valence-electron chi connectivity index (χ3n) is 6.35. The first-order valence-electron chi connectivity index (χ1n) is 11.6. The number of hydrogen-bond donors (Lipinski definition) is 3. The van der Waals surface area contributed by atoms with Gasteiger partial charge in [-0.3, -0.25) is 0 Å². The lowest BCUT2D eigenvalue weighted by Gasteiger charge is -2.35. The highest BCUT2D eigenvalue weighted by Gasteiger charge is 2.32. The van der Waals surface area contributed by atoms with E-state index in [-0.39, 0.29) is 23.6 Å². The molecule has 0 unspecified atom stereocenters. The minimum Gasteiger partial charge on any atom is -0.490 e. The van der Waals surface area contributed by atoms with Crippen LogP contribution in [0.3, 0.4) is 0 Å². The van der Waals surface area contributed by atoms with Crippen molar-refractivity contribution in [2.75, 3.05) is 0 Å². The van der Waals surface area contributed by atoms with Crippen LogP contribution in [-0.4, -0.2) is 38.4 Å². The van der Waals surface area contributed by atoms with Gasteiger partial charge in [0.05, 0.1) is 5.69 Å². The van der Waals surface area contributed by atoms with Crippen LogP contribution < -0.4 is 14.8 Å². The van der Waals surface area contributed by atoms with Gasteiger partial charge in [-0.15, -0.1) is 0 Å². The summed E-state index contributed by atoms with van der Waals surface area (Å²) in [5.74, 6) is 1.39. The Morgan fingerprint density at radius 2 is 1.51 bits per heavy atom. The molecule has 2 aromatic carbocycles. The first kappa shape index (κ1) is 24.5. The molecule has 0 atom stereocenters. The smallest absolute Gasteiger partial charge is 0.404 e. The molecule has 1 amide bonds. The first-order chi connectivity index (χ1) is 16.5. The van der Waals surface area contributed by atoms with Crippen LogP contribution in [0.25, 0.3) is 0 Å². The lowest BCUT2D eigenvalue weighted by atomic mass is 9.78. The maximum Gasteiger partial charge on any atom is 0.404 e. The molecule has 1 aliphatic carbocycles. The van der Waals surface area contributed by atoms with Gasteiger partial charge in [0, 0.05) is 30.5 Å². The second kappa shape index (κ2) is 9.54. The largest absolute Gasteiger partial charge is 0.490 e. The average Bonchev–Trinajstić information content (AvgIpc) is 2.78. The highest BCUT2D eigenvalue weighted by atomic mass is 16.5. The molecule has 0 radical (unpaired) electrons. The van der Waals surface area contributed by atoms with Gasteiger partial charge in [0.2, 0.25) is 0 Å². The van der Waals surface area contributed by atoms with Crippen LogP contribution in [0.1, 0.15) is 57.4 Å². The quantitative estimate of drug-likeness (QED) is 0.418. The second-order valence-electron chi connectivity index (χ2n) is 9.92. The van der Waals surface area contributed by atoms with Gasteiger partial charge < -0.3 is 25.0 Å². The lowest BCUT2D eigenvalue weighted by Crippen LogP contribution is -2.48. The van der Waals surface area contributed by atoms with Crippen molar-refractivity contribution in [3.8, 4) is 17.5 Å². The molecule has 35 heavy (non-hydrogen) atoms. The van der Waals surface area contributed by atoms with Crippen LogP contribution in [0, 0.1) is 0 Å². The van der Waals surface area contributed by atoms with Crippen molar-refractivity contribution >= 4 is 6.09 Å². The Kier molecular flexibility index (Phi) is 6.67. The number of benzene rings is 2. The van der Waals surface area contributed by atoms with Crippen molar-refractivity contribution in [1.82, 2.24) is 15.3 Å².